The van der Waals surface area contributed by atoms with E-state index in [1.165, 1.54) is 4.90 Å². The van der Waals surface area contributed by atoms with E-state index in [9.17, 15) is 11.0 Å². The fourth-order valence-corrected chi connectivity index (χ4v) is 9.98. The average molecular weight is 848 g/mol. The number of para-hydroxylation sites is 1. The summed E-state index contributed by atoms with van der Waals surface area (Å²) < 4.78 is 78.6. The molecule has 0 radical (unpaired) electrons. The molecule has 0 spiro atoms. The van der Waals surface area contributed by atoms with Gasteiger partial charge < -0.3 is 4.90 Å². The Morgan fingerprint density at radius 3 is 1.44 bits per heavy atom. The topological polar surface area (TPSA) is 3.24 Å². The van der Waals surface area contributed by atoms with E-state index in [0.717, 1.165) is 60.8 Å². The summed E-state index contributed by atoms with van der Waals surface area (Å²) in [4.78, 5) is 1.44. The zero-order chi connectivity index (χ0) is 50.8. The summed E-state index contributed by atoms with van der Waals surface area (Å²) in [5.41, 5.74) is 9.96. The summed E-state index contributed by atoms with van der Waals surface area (Å²) in [6, 6.07) is 70.6. The third-order valence-electron chi connectivity index (χ3n) is 12.9. The van der Waals surface area contributed by atoms with Crippen molar-refractivity contribution in [3.63, 3.8) is 0 Å². The molecule has 12 rings (SSSR count). The minimum absolute atomic E-state index is 0.0955. The van der Waals surface area contributed by atoms with E-state index in [2.05, 4.69) is 72.8 Å². The number of hydrogen-bond donors (Lipinski definition) is 0. The van der Waals surface area contributed by atoms with Crippen LogP contribution in [0.1, 0.15) is 33.2 Å². The normalized spacial score (nSPS) is 14.1. The van der Waals surface area contributed by atoms with E-state index < -0.39 is 29.6 Å². The van der Waals surface area contributed by atoms with Gasteiger partial charge in [-0.05, 0) is 113 Å². The molecular formula is C65H45N. The molecule has 0 bridgehead atoms. The molecule has 0 saturated heterocycles. The Morgan fingerprint density at radius 1 is 0.303 bits per heavy atom. The van der Waals surface area contributed by atoms with Gasteiger partial charge in [0.05, 0.1) is 22.1 Å². The number of hydrogen-bond acceptors (Lipinski definition) is 1. The lowest BCUT2D eigenvalue weighted by molar-refractivity contribution is 0.768. The smallest absolute Gasteiger partial charge is 0.0713 e. The number of anilines is 3. The number of nitrogens with zero attached hydrogens (tertiary/aromatic N) is 1. The van der Waals surface area contributed by atoms with E-state index in [-0.39, 0.29) is 46.7 Å². The molecule has 11 aromatic carbocycles. The molecule has 66 heavy (non-hydrogen) atoms. The second-order valence-corrected chi connectivity index (χ2v) is 16.5. The van der Waals surface area contributed by atoms with Crippen molar-refractivity contribution in [2.45, 2.75) is 5.41 Å². The van der Waals surface area contributed by atoms with Crippen LogP contribution in [0.25, 0.3) is 66.4 Å². The van der Waals surface area contributed by atoms with Crippen molar-refractivity contribution < 1.29 is 11.0 Å². The SMILES string of the molecule is [2H]c1c([2H])c(N(c2ccccc2-c2cccc3c2-c2ccccc2C3(c2ccccc2)c2ccccc2)c2c([2H])c([2H])c(-c3cccc4ccccc34)c([2H])c2[2H])c([2H])c([2H])c1-c1ccc(-c2ccccc2)cc1. The van der Waals surface area contributed by atoms with E-state index in [0.29, 0.717) is 22.4 Å². The third kappa shape index (κ3) is 6.56. The van der Waals surface area contributed by atoms with Gasteiger partial charge in [-0.1, -0.05) is 243 Å². The van der Waals surface area contributed by atoms with Crippen LogP contribution in [0.4, 0.5) is 17.1 Å². The fourth-order valence-electron chi connectivity index (χ4n) is 9.98. The summed E-state index contributed by atoms with van der Waals surface area (Å²) in [6.07, 6.45) is 0. The molecule has 310 valence electrons. The number of fused-ring (bicyclic) bond motifs is 4. The molecule has 0 heterocycles. The predicted octanol–water partition coefficient (Wildman–Crippen LogP) is 17.3. The highest BCUT2D eigenvalue weighted by atomic mass is 15.1. The molecule has 0 saturated carbocycles. The largest absolute Gasteiger partial charge is 0.310 e. The first-order valence-corrected chi connectivity index (χ1v) is 22.2. The van der Waals surface area contributed by atoms with Crippen LogP contribution in [-0.4, -0.2) is 0 Å². The van der Waals surface area contributed by atoms with Gasteiger partial charge in [0, 0.05) is 16.9 Å². The zero-order valence-electron chi connectivity index (χ0n) is 43.8. The predicted molar refractivity (Wildman–Crippen MR) is 278 cm³/mol. The van der Waals surface area contributed by atoms with E-state index in [4.69, 9.17) is 0 Å². The molecule has 0 aliphatic heterocycles. The van der Waals surface area contributed by atoms with Crippen LogP contribution in [0, 0.1) is 0 Å². The molecule has 0 unspecified atom stereocenters. The van der Waals surface area contributed by atoms with Crippen molar-refractivity contribution in [3.8, 4) is 55.6 Å². The Bertz CT molecular complexity index is 3890. The van der Waals surface area contributed by atoms with Crippen molar-refractivity contribution in [3.05, 3.63) is 295 Å². The van der Waals surface area contributed by atoms with Crippen molar-refractivity contribution in [2.24, 2.45) is 0 Å². The summed E-state index contributed by atoms with van der Waals surface area (Å²) in [7, 11) is 0. The van der Waals surface area contributed by atoms with E-state index >= 15 is 0 Å². The molecular weight excluding hydrogens is 795 g/mol. The Morgan fingerprint density at radius 2 is 0.758 bits per heavy atom. The molecule has 0 N–H and O–H groups in total. The molecule has 11 aromatic rings. The van der Waals surface area contributed by atoms with E-state index in [1.807, 2.05) is 121 Å². The van der Waals surface area contributed by atoms with Crippen LogP contribution in [0.15, 0.2) is 273 Å². The van der Waals surface area contributed by atoms with Gasteiger partial charge in [0.1, 0.15) is 0 Å². The maximum absolute atomic E-state index is 9.96. The highest BCUT2D eigenvalue weighted by Crippen LogP contribution is 2.59. The van der Waals surface area contributed by atoms with Gasteiger partial charge in [-0.25, -0.2) is 0 Å². The Kier molecular flexibility index (Phi) is 7.86. The minimum atomic E-state index is -0.739. The molecule has 1 heteroatoms. The summed E-state index contributed by atoms with van der Waals surface area (Å²) in [5, 5.41) is 1.64. The van der Waals surface area contributed by atoms with Gasteiger partial charge in [0.2, 0.25) is 0 Å². The lowest BCUT2D eigenvalue weighted by Gasteiger charge is -2.34. The van der Waals surface area contributed by atoms with Gasteiger partial charge in [-0.2, -0.15) is 0 Å². The standard InChI is InChI=1S/C65H45N/c1-4-18-46(19-5-1)47-34-36-48(37-35-47)49-38-42-54(43-39-49)66(55-44-40-51(41-45-55)57-29-16-21-50-20-10-11-26-56(50)57)63-33-15-13-27-58(63)59-30-17-32-62-64(59)60-28-12-14-31-61(60)65(62,52-22-6-2-7-23-52)53-24-8-3-9-25-53/h1-45H/i38D,39D,40D,41D,42D,43D,44D,45D. The van der Waals surface area contributed by atoms with Crippen molar-refractivity contribution in [2.75, 3.05) is 4.90 Å². The maximum atomic E-state index is 9.96. The highest BCUT2D eigenvalue weighted by molar-refractivity contribution is 6.01. The summed E-state index contributed by atoms with van der Waals surface area (Å²) in [6.45, 7) is 0. The van der Waals surface area contributed by atoms with Crippen LogP contribution in [0.2, 0.25) is 0 Å². The molecule has 0 aromatic heterocycles. The van der Waals surface area contributed by atoms with E-state index in [1.54, 1.807) is 30.3 Å². The Labute approximate surface area is 398 Å². The first kappa shape index (κ1) is 31.3. The molecule has 0 fully saturated rings. The maximum Gasteiger partial charge on any atom is 0.0713 e. The van der Waals surface area contributed by atoms with Crippen LogP contribution in [0.3, 0.4) is 0 Å². The van der Waals surface area contributed by atoms with Crippen LogP contribution in [-0.2, 0) is 5.41 Å². The van der Waals surface area contributed by atoms with Crippen molar-refractivity contribution in [1.82, 2.24) is 0 Å². The molecule has 1 nitrogen and oxygen atoms in total. The second kappa shape index (κ2) is 16.6. The van der Waals surface area contributed by atoms with Crippen LogP contribution in [0.5, 0.6) is 0 Å². The molecule has 1 aliphatic carbocycles. The number of benzene rings is 11. The second-order valence-electron chi connectivity index (χ2n) is 16.5. The zero-order valence-corrected chi connectivity index (χ0v) is 35.8. The van der Waals surface area contributed by atoms with Gasteiger partial charge in [0.25, 0.3) is 0 Å². The Balaban J connectivity index is 1.14. The highest BCUT2D eigenvalue weighted by Gasteiger charge is 2.46. The lowest BCUT2D eigenvalue weighted by Crippen LogP contribution is -2.28. The monoisotopic (exact) mass is 847 g/mol. The van der Waals surface area contributed by atoms with Gasteiger partial charge in [0.15, 0.2) is 0 Å². The van der Waals surface area contributed by atoms with Crippen molar-refractivity contribution in [1.29, 1.82) is 0 Å². The first-order valence-electron chi connectivity index (χ1n) is 26.2. The fraction of sp³-hybridized carbons (Fsp3) is 0.0154. The molecule has 0 amide bonds. The summed E-state index contributed by atoms with van der Waals surface area (Å²) in [5.74, 6) is 0. The number of rotatable bonds is 9. The van der Waals surface area contributed by atoms with Crippen LogP contribution < -0.4 is 4.90 Å². The average Bonchev–Trinajstić information content (AvgIpc) is 3.78. The molecule has 1 aliphatic rings. The van der Waals surface area contributed by atoms with Gasteiger partial charge in [-0.3, -0.25) is 0 Å². The van der Waals surface area contributed by atoms with Gasteiger partial charge >= 0.3 is 0 Å². The van der Waals surface area contributed by atoms with Crippen molar-refractivity contribution >= 4 is 27.8 Å². The van der Waals surface area contributed by atoms with Crippen LogP contribution >= 0.6 is 0 Å². The Hall–Kier alpha value is -8.52. The first-order chi connectivity index (χ1) is 36.1. The summed E-state index contributed by atoms with van der Waals surface area (Å²) >= 11 is 0. The lowest BCUT2D eigenvalue weighted by atomic mass is 9.67. The minimum Gasteiger partial charge on any atom is -0.310 e. The van der Waals surface area contributed by atoms with Gasteiger partial charge in [-0.15, -0.1) is 0 Å². The quantitative estimate of drug-likeness (QED) is 0.140. The third-order valence-corrected chi connectivity index (χ3v) is 12.9. The molecule has 0 atom stereocenters.